The molecule has 1 heteroatoms. The Kier molecular flexibility index (Phi) is 1.68. The highest BCUT2D eigenvalue weighted by molar-refractivity contribution is 4.97. The molecular formula is C11H19N. The summed E-state index contributed by atoms with van der Waals surface area (Å²) in [5, 5.41) is 3.81. The van der Waals surface area contributed by atoms with Crippen LogP contribution >= 0.6 is 0 Å². The van der Waals surface area contributed by atoms with Crippen molar-refractivity contribution in [3.05, 3.63) is 0 Å². The minimum absolute atomic E-state index is 0.936. The average Bonchev–Trinajstić information content (AvgIpc) is 2.94. The normalized spacial score (nSPS) is 29.8. The molecule has 3 aliphatic rings. The lowest BCUT2D eigenvalue weighted by Crippen LogP contribution is -2.34. The van der Waals surface area contributed by atoms with Gasteiger partial charge in [0.2, 0.25) is 0 Å². The molecule has 0 saturated heterocycles. The predicted octanol–water partition coefficient (Wildman–Crippen LogP) is 2.17. The van der Waals surface area contributed by atoms with Crippen molar-refractivity contribution in [3.8, 4) is 0 Å². The molecule has 0 radical (unpaired) electrons. The zero-order valence-corrected chi connectivity index (χ0v) is 7.76. The van der Waals surface area contributed by atoms with Crippen LogP contribution in [-0.2, 0) is 0 Å². The van der Waals surface area contributed by atoms with Crippen LogP contribution in [0, 0.1) is 17.8 Å². The van der Waals surface area contributed by atoms with Gasteiger partial charge >= 0.3 is 0 Å². The van der Waals surface area contributed by atoms with Gasteiger partial charge in [0.25, 0.3) is 0 Å². The maximum atomic E-state index is 3.81. The van der Waals surface area contributed by atoms with E-state index in [4.69, 9.17) is 0 Å². The highest BCUT2D eigenvalue weighted by Gasteiger charge is 2.41. The highest BCUT2D eigenvalue weighted by Crippen LogP contribution is 2.44. The number of nitrogens with one attached hydrogen (secondary N) is 1. The standard InChI is InChI=1S/C11H19N/c1-2-8(1)7-12-11(9-3-4-9)10-5-6-10/h8-12H,1-7H2. The largest absolute Gasteiger partial charge is 0.313 e. The SMILES string of the molecule is C1CC1CNC(C1CC1)C1CC1. The topological polar surface area (TPSA) is 12.0 Å². The van der Waals surface area contributed by atoms with Crippen LogP contribution in [0.4, 0.5) is 0 Å². The summed E-state index contributed by atoms with van der Waals surface area (Å²) in [4.78, 5) is 0. The van der Waals surface area contributed by atoms with Gasteiger partial charge in [0.05, 0.1) is 0 Å². The van der Waals surface area contributed by atoms with Crippen molar-refractivity contribution < 1.29 is 0 Å². The molecular weight excluding hydrogens is 146 g/mol. The zero-order chi connectivity index (χ0) is 7.97. The third kappa shape index (κ3) is 1.66. The molecule has 0 unspecified atom stereocenters. The molecule has 0 spiro atoms. The third-order valence-corrected chi connectivity index (χ3v) is 3.60. The van der Waals surface area contributed by atoms with E-state index in [1.165, 1.54) is 45.1 Å². The van der Waals surface area contributed by atoms with E-state index in [1.54, 1.807) is 0 Å². The first-order chi connectivity index (χ1) is 5.93. The minimum atomic E-state index is 0.936. The second-order valence-corrected chi connectivity index (χ2v) is 5.05. The van der Waals surface area contributed by atoms with Gasteiger partial charge in [-0.1, -0.05) is 0 Å². The molecule has 3 saturated carbocycles. The third-order valence-electron chi connectivity index (χ3n) is 3.60. The van der Waals surface area contributed by atoms with E-state index in [-0.39, 0.29) is 0 Å². The molecule has 0 bridgehead atoms. The molecule has 0 aromatic rings. The Morgan fingerprint density at radius 1 is 0.917 bits per heavy atom. The average molecular weight is 165 g/mol. The molecule has 1 nitrogen and oxygen atoms in total. The van der Waals surface area contributed by atoms with Crippen LogP contribution in [0.25, 0.3) is 0 Å². The van der Waals surface area contributed by atoms with Crippen molar-refractivity contribution in [1.82, 2.24) is 5.32 Å². The summed E-state index contributed by atoms with van der Waals surface area (Å²) in [6.07, 6.45) is 9.04. The van der Waals surface area contributed by atoms with E-state index in [2.05, 4.69) is 5.32 Å². The molecule has 68 valence electrons. The van der Waals surface area contributed by atoms with E-state index in [1.807, 2.05) is 0 Å². The van der Waals surface area contributed by atoms with E-state index in [0.717, 1.165) is 23.8 Å². The molecule has 12 heavy (non-hydrogen) atoms. The first kappa shape index (κ1) is 7.37. The fraction of sp³-hybridized carbons (Fsp3) is 1.00. The van der Waals surface area contributed by atoms with Crippen LogP contribution in [0.3, 0.4) is 0 Å². The second kappa shape index (κ2) is 2.73. The second-order valence-electron chi connectivity index (χ2n) is 5.05. The highest BCUT2D eigenvalue weighted by atomic mass is 15.0. The lowest BCUT2D eigenvalue weighted by Gasteiger charge is -2.17. The summed E-state index contributed by atoms with van der Waals surface area (Å²) in [5.74, 6) is 3.22. The summed E-state index contributed by atoms with van der Waals surface area (Å²) in [6, 6.07) is 0.936. The smallest absolute Gasteiger partial charge is 0.0124 e. The van der Waals surface area contributed by atoms with Crippen LogP contribution in [0.5, 0.6) is 0 Å². The van der Waals surface area contributed by atoms with Crippen molar-refractivity contribution in [2.75, 3.05) is 6.54 Å². The summed E-state index contributed by atoms with van der Waals surface area (Å²) in [5.41, 5.74) is 0. The zero-order valence-electron chi connectivity index (χ0n) is 7.76. The monoisotopic (exact) mass is 165 g/mol. The van der Waals surface area contributed by atoms with Gasteiger partial charge in [-0.3, -0.25) is 0 Å². The Balaban J connectivity index is 1.47. The van der Waals surface area contributed by atoms with Crippen LogP contribution in [0.2, 0.25) is 0 Å². The summed E-state index contributed by atoms with van der Waals surface area (Å²) >= 11 is 0. The molecule has 0 atom stereocenters. The lowest BCUT2D eigenvalue weighted by atomic mass is 10.1. The molecule has 0 aromatic carbocycles. The maximum absolute atomic E-state index is 3.81. The Morgan fingerprint density at radius 3 is 1.92 bits per heavy atom. The van der Waals surface area contributed by atoms with Gasteiger partial charge in [0.1, 0.15) is 0 Å². The summed E-state index contributed by atoms with van der Waals surface area (Å²) in [6.45, 7) is 1.33. The lowest BCUT2D eigenvalue weighted by molar-refractivity contribution is 0.409. The first-order valence-corrected chi connectivity index (χ1v) is 5.67. The van der Waals surface area contributed by atoms with Gasteiger partial charge in [0.15, 0.2) is 0 Å². The molecule has 0 heterocycles. The molecule has 0 amide bonds. The molecule has 3 rings (SSSR count). The van der Waals surface area contributed by atoms with Crippen molar-refractivity contribution >= 4 is 0 Å². The fourth-order valence-corrected chi connectivity index (χ4v) is 2.25. The molecule has 3 fully saturated rings. The van der Waals surface area contributed by atoms with E-state index in [0.29, 0.717) is 0 Å². The van der Waals surface area contributed by atoms with Crippen LogP contribution < -0.4 is 5.32 Å². The first-order valence-electron chi connectivity index (χ1n) is 5.67. The van der Waals surface area contributed by atoms with Gasteiger partial charge in [0, 0.05) is 6.04 Å². The number of hydrogen-bond donors (Lipinski definition) is 1. The maximum Gasteiger partial charge on any atom is 0.0124 e. The Morgan fingerprint density at radius 2 is 1.50 bits per heavy atom. The fourth-order valence-electron chi connectivity index (χ4n) is 2.25. The van der Waals surface area contributed by atoms with Crippen LogP contribution in [0.15, 0.2) is 0 Å². The van der Waals surface area contributed by atoms with Crippen LogP contribution in [-0.4, -0.2) is 12.6 Å². The predicted molar refractivity (Wildman–Crippen MR) is 50.0 cm³/mol. The van der Waals surface area contributed by atoms with E-state index < -0.39 is 0 Å². The molecule has 1 N–H and O–H groups in total. The van der Waals surface area contributed by atoms with Crippen LogP contribution in [0.1, 0.15) is 38.5 Å². The molecule has 3 aliphatic carbocycles. The van der Waals surface area contributed by atoms with Gasteiger partial charge in [-0.2, -0.15) is 0 Å². The summed E-state index contributed by atoms with van der Waals surface area (Å²) < 4.78 is 0. The van der Waals surface area contributed by atoms with Crippen molar-refractivity contribution in [2.24, 2.45) is 17.8 Å². The van der Waals surface area contributed by atoms with E-state index in [9.17, 15) is 0 Å². The minimum Gasteiger partial charge on any atom is -0.313 e. The number of rotatable bonds is 5. The van der Waals surface area contributed by atoms with Gasteiger partial charge < -0.3 is 5.32 Å². The molecule has 0 aromatic heterocycles. The van der Waals surface area contributed by atoms with Crippen molar-refractivity contribution in [1.29, 1.82) is 0 Å². The van der Waals surface area contributed by atoms with Crippen molar-refractivity contribution in [3.63, 3.8) is 0 Å². The molecule has 0 aliphatic heterocycles. The Bertz CT molecular complexity index is 154. The van der Waals surface area contributed by atoms with Gasteiger partial charge in [-0.15, -0.1) is 0 Å². The van der Waals surface area contributed by atoms with Gasteiger partial charge in [-0.25, -0.2) is 0 Å². The number of hydrogen-bond acceptors (Lipinski definition) is 1. The Hall–Kier alpha value is -0.0400. The van der Waals surface area contributed by atoms with Gasteiger partial charge in [-0.05, 0) is 62.8 Å². The quantitative estimate of drug-likeness (QED) is 0.658. The Labute approximate surface area is 74.9 Å². The van der Waals surface area contributed by atoms with E-state index >= 15 is 0 Å². The summed E-state index contributed by atoms with van der Waals surface area (Å²) in [7, 11) is 0. The van der Waals surface area contributed by atoms with Crippen molar-refractivity contribution in [2.45, 2.75) is 44.6 Å².